The molecule has 0 radical (unpaired) electrons. The molecule has 8 rings (SSSR count). The van der Waals surface area contributed by atoms with E-state index >= 15 is 0 Å². The number of methoxy groups -OCH3 is 1. The molecule has 3 heterocycles. The number of aromatic nitrogens is 2. The van der Waals surface area contributed by atoms with E-state index in [9.17, 15) is 9.59 Å². The highest BCUT2D eigenvalue weighted by Crippen LogP contribution is 2.33. The molecule has 8 heteroatoms. The number of rotatable bonds is 6. The maximum atomic E-state index is 14.4. The van der Waals surface area contributed by atoms with Crippen LogP contribution in [0.4, 0.5) is 0 Å². The zero-order chi connectivity index (χ0) is 32.6. The summed E-state index contributed by atoms with van der Waals surface area (Å²) in [6, 6.07) is 39.3. The minimum atomic E-state index is -0.388. The number of ketones is 1. The fraction of sp³-hybridized carbons (Fsp3) is 0.0250. The monoisotopic (exact) mass is 628 g/mol. The second kappa shape index (κ2) is 11.9. The van der Waals surface area contributed by atoms with Gasteiger partial charge in [-0.05, 0) is 0 Å². The zero-order valence-corrected chi connectivity index (χ0v) is 25.8. The maximum Gasteiger partial charge on any atom is 0.207 e. The van der Waals surface area contributed by atoms with Gasteiger partial charge in [0.2, 0.25) is 5.43 Å². The van der Waals surface area contributed by atoms with E-state index < -0.39 is 0 Å². The van der Waals surface area contributed by atoms with Crippen LogP contribution in [-0.4, -0.2) is 22.9 Å². The number of carbonyl (C=O) groups is 1. The Morgan fingerprint density at radius 2 is 1.19 bits per heavy atom. The van der Waals surface area contributed by atoms with Gasteiger partial charge in [0.1, 0.15) is 45.4 Å². The standard InChI is InChI=1S/C40H28N4O4/c1-47-38-31(40-43-35(26-18-10-4-11-19-26)36(44-40)27-20-12-5-13-21-27)29(45)22-30-32(38)37(46)28(23-48-30)39-41-33(24-14-6-2-7-15-24)34(42-39)25-16-8-3-9-17-25/h2-23,43-44H,1H3,(H,41,42). The van der Waals surface area contributed by atoms with Crippen LogP contribution >= 0.6 is 0 Å². The normalized spacial score (nSPS) is 13.9. The summed E-state index contributed by atoms with van der Waals surface area (Å²) >= 11 is 0. The number of fused-ring (bicyclic) bond motifs is 1. The molecule has 1 aliphatic heterocycles. The van der Waals surface area contributed by atoms with Crippen LogP contribution in [0.5, 0.6) is 0 Å². The number of aromatic amines is 1. The molecule has 6 aromatic rings. The third kappa shape index (κ3) is 4.92. The van der Waals surface area contributed by atoms with Gasteiger partial charge in [-0.25, -0.2) is 4.98 Å². The van der Waals surface area contributed by atoms with Crippen LogP contribution in [0.2, 0.25) is 0 Å². The molecule has 0 fully saturated rings. The molecule has 1 aliphatic carbocycles. The van der Waals surface area contributed by atoms with Crippen LogP contribution in [0, 0.1) is 0 Å². The van der Waals surface area contributed by atoms with Crippen molar-refractivity contribution >= 4 is 29.0 Å². The molecule has 48 heavy (non-hydrogen) atoms. The minimum Gasteiger partial charge on any atom is -0.495 e. The minimum absolute atomic E-state index is 0.0999. The number of hydrogen-bond acceptors (Lipinski definition) is 7. The molecule has 0 amide bonds. The highest BCUT2D eigenvalue weighted by atomic mass is 16.5. The molecular weight excluding hydrogens is 600 g/mol. The second-order valence-electron chi connectivity index (χ2n) is 11.3. The first-order valence-corrected chi connectivity index (χ1v) is 15.4. The van der Waals surface area contributed by atoms with Crippen molar-refractivity contribution < 1.29 is 13.9 Å². The van der Waals surface area contributed by atoms with Gasteiger partial charge in [-0.3, -0.25) is 9.59 Å². The SMILES string of the molecule is COC1=c2c(occ(-c3nc(-c4ccccc4)c(-c4ccccc4)[nH]3)c2=O)=CC(=O)C1=C1NC(c2ccccc2)=C(c2ccccc2)N1. The van der Waals surface area contributed by atoms with E-state index in [0.717, 1.165) is 39.3 Å². The fourth-order valence-corrected chi connectivity index (χ4v) is 6.13. The van der Waals surface area contributed by atoms with Crippen molar-refractivity contribution in [2.45, 2.75) is 0 Å². The molecule has 8 nitrogen and oxygen atoms in total. The smallest absolute Gasteiger partial charge is 0.207 e. The van der Waals surface area contributed by atoms with Gasteiger partial charge in [-0.2, -0.15) is 0 Å². The third-order valence-electron chi connectivity index (χ3n) is 8.38. The summed E-state index contributed by atoms with van der Waals surface area (Å²) in [5.41, 5.74) is 6.82. The first kappa shape index (κ1) is 28.8. The van der Waals surface area contributed by atoms with Crippen molar-refractivity contribution in [3.05, 3.63) is 171 Å². The molecule has 0 spiro atoms. The lowest BCUT2D eigenvalue weighted by Gasteiger charge is -2.16. The predicted molar refractivity (Wildman–Crippen MR) is 186 cm³/mol. The van der Waals surface area contributed by atoms with E-state index in [1.54, 1.807) is 0 Å². The van der Waals surface area contributed by atoms with Crippen LogP contribution < -0.4 is 26.7 Å². The number of imidazole rings is 1. The molecule has 0 unspecified atom stereocenters. The average Bonchev–Trinajstić information content (AvgIpc) is 3.79. The van der Waals surface area contributed by atoms with Crippen molar-refractivity contribution in [3.8, 4) is 33.9 Å². The van der Waals surface area contributed by atoms with Crippen molar-refractivity contribution in [1.29, 1.82) is 0 Å². The Balaban J connectivity index is 1.30. The number of ether oxygens (including phenoxy) is 1. The van der Waals surface area contributed by atoms with Gasteiger partial charge < -0.3 is 24.8 Å². The van der Waals surface area contributed by atoms with Crippen LogP contribution in [-0.2, 0) is 9.53 Å². The number of benzene rings is 4. The van der Waals surface area contributed by atoms with Crippen LogP contribution in [0.15, 0.2) is 148 Å². The Bertz CT molecular complexity index is 2340. The van der Waals surface area contributed by atoms with Gasteiger partial charge in [-0.15, -0.1) is 0 Å². The van der Waals surface area contributed by atoms with Crippen LogP contribution in [0.25, 0.3) is 57.1 Å². The number of hydrogen-bond donors (Lipinski definition) is 3. The molecule has 2 aromatic heterocycles. The molecule has 2 aliphatic rings. The van der Waals surface area contributed by atoms with Gasteiger partial charge in [0.25, 0.3) is 0 Å². The molecule has 0 saturated heterocycles. The Morgan fingerprint density at radius 3 is 1.73 bits per heavy atom. The molecule has 4 aromatic carbocycles. The summed E-state index contributed by atoms with van der Waals surface area (Å²) < 4.78 is 11.8. The maximum absolute atomic E-state index is 14.4. The average molecular weight is 629 g/mol. The number of nitrogens with one attached hydrogen (secondary N) is 3. The van der Waals surface area contributed by atoms with E-state index in [0.29, 0.717) is 17.3 Å². The topological polar surface area (TPSA) is 109 Å². The third-order valence-corrected chi connectivity index (χ3v) is 8.38. The zero-order valence-electron chi connectivity index (χ0n) is 25.8. The lowest BCUT2D eigenvalue weighted by atomic mass is 10.0. The summed E-state index contributed by atoms with van der Waals surface area (Å²) in [5.74, 6) is 0.463. The summed E-state index contributed by atoms with van der Waals surface area (Å²) in [7, 11) is 1.44. The first-order valence-electron chi connectivity index (χ1n) is 15.4. The van der Waals surface area contributed by atoms with Gasteiger partial charge >= 0.3 is 0 Å². The quantitative estimate of drug-likeness (QED) is 0.212. The van der Waals surface area contributed by atoms with Gasteiger partial charge in [0, 0.05) is 28.3 Å². The van der Waals surface area contributed by atoms with Crippen molar-refractivity contribution in [1.82, 2.24) is 20.6 Å². The Hall–Kier alpha value is -6.67. The van der Waals surface area contributed by atoms with E-state index in [4.69, 9.17) is 14.1 Å². The Kier molecular flexibility index (Phi) is 7.15. The number of Topliss-reactive ketones (excluding diaryl/α,β-unsaturated/α-hetero) is 1. The van der Waals surface area contributed by atoms with Crippen molar-refractivity contribution in [3.63, 3.8) is 0 Å². The largest absolute Gasteiger partial charge is 0.495 e. The van der Waals surface area contributed by atoms with Crippen LogP contribution in [0.3, 0.4) is 0 Å². The Morgan fingerprint density at radius 1 is 0.667 bits per heavy atom. The van der Waals surface area contributed by atoms with Crippen LogP contribution in [0.1, 0.15) is 11.1 Å². The molecule has 232 valence electrons. The molecular formula is C40H28N4O4. The predicted octanol–water partition coefficient (Wildman–Crippen LogP) is 5.41. The van der Waals surface area contributed by atoms with Crippen molar-refractivity contribution in [2.24, 2.45) is 0 Å². The number of H-pyrrole nitrogens is 1. The first-order chi connectivity index (χ1) is 23.6. The summed E-state index contributed by atoms with van der Waals surface area (Å²) in [6.07, 6.45) is 2.66. The van der Waals surface area contributed by atoms with Gasteiger partial charge in [-0.1, -0.05) is 121 Å². The Labute approximate surface area is 275 Å². The summed E-state index contributed by atoms with van der Waals surface area (Å²) in [6.45, 7) is 0. The number of carbonyl (C=O) groups excluding carboxylic acids is 1. The van der Waals surface area contributed by atoms with E-state index in [1.165, 1.54) is 19.4 Å². The van der Waals surface area contributed by atoms with E-state index in [2.05, 4.69) is 15.6 Å². The fourth-order valence-electron chi connectivity index (χ4n) is 6.13. The molecule has 0 saturated carbocycles. The molecule has 3 N–H and O–H groups in total. The van der Waals surface area contributed by atoms with E-state index in [1.807, 2.05) is 121 Å². The second-order valence-corrected chi connectivity index (χ2v) is 11.3. The highest BCUT2D eigenvalue weighted by Gasteiger charge is 2.32. The van der Waals surface area contributed by atoms with Gasteiger partial charge in [0.05, 0.1) is 29.9 Å². The lowest BCUT2D eigenvalue weighted by molar-refractivity contribution is -0.110. The highest BCUT2D eigenvalue weighted by molar-refractivity contribution is 6.24. The van der Waals surface area contributed by atoms with Gasteiger partial charge in [0.15, 0.2) is 5.78 Å². The summed E-state index contributed by atoms with van der Waals surface area (Å²) in [5, 5.41) is 6.97. The van der Waals surface area contributed by atoms with Crippen molar-refractivity contribution in [2.75, 3.05) is 7.11 Å². The molecule has 0 bridgehead atoms. The van der Waals surface area contributed by atoms with E-state index in [-0.39, 0.29) is 38.7 Å². The lowest BCUT2D eigenvalue weighted by Crippen LogP contribution is -2.46. The number of nitrogens with zero attached hydrogens (tertiary/aromatic N) is 1. The summed E-state index contributed by atoms with van der Waals surface area (Å²) in [4.78, 5) is 36.4. The molecule has 0 atom stereocenters.